The van der Waals surface area contributed by atoms with Gasteiger partial charge in [-0.25, -0.2) is 4.98 Å². The van der Waals surface area contributed by atoms with Crippen LogP contribution in [0.25, 0.3) is 11.1 Å². The number of hydrogen-bond acceptors (Lipinski definition) is 3. The van der Waals surface area contributed by atoms with Crippen LogP contribution in [0, 0.1) is 0 Å². The third-order valence-corrected chi connectivity index (χ3v) is 3.55. The zero-order valence-electron chi connectivity index (χ0n) is 11.7. The Morgan fingerprint density at radius 2 is 1.90 bits per heavy atom. The molecule has 106 valence electrons. The maximum absolute atomic E-state index is 9.32. The van der Waals surface area contributed by atoms with Gasteiger partial charge in [-0.1, -0.05) is 41.9 Å². The Morgan fingerprint density at radius 1 is 1.20 bits per heavy atom. The van der Waals surface area contributed by atoms with Crippen molar-refractivity contribution in [1.29, 1.82) is 0 Å². The maximum atomic E-state index is 9.32. The predicted molar refractivity (Wildman–Crippen MR) is 82.7 cm³/mol. The highest BCUT2D eigenvalue weighted by Crippen LogP contribution is 2.27. The fourth-order valence-corrected chi connectivity index (χ4v) is 2.13. The summed E-state index contributed by atoms with van der Waals surface area (Å²) >= 11 is 6.24. The number of aliphatic hydroxyl groups is 1. The summed E-state index contributed by atoms with van der Waals surface area (Å²) in [5.74, 6) is 0. The molecule has 2 N–H and O–H groups in total. The van der Waals surface area contributed by atoms with Gasteiger partial charge in [0.15, 0.2) is 0 Å². The number of aliphatic hydroxyl groups excluding tert-OH is 1. The fourth-order valence-electron chi connectivity index (χ4n) is 1.91. The molecule has 0 spiro atoms. The highest BCUT2D eigenvalue weighted by molar-refractivity contribution is 6.30. The molecule has 1 aromatic carbocycles. The van der Waals surface area contributed by atoms with Gasteiger partial charge >= 0.3 is 0 Å². The Morgan fingerprint density at radius 3 is 2.55 bits per heavy atom. The molecule has 0 aliphatic carbocycles. The van der Waals surface area contributed by atoms with Crippen molar-refractivity contribution >= 4 is 11.6 Å². The number of halogens is 1. The number of rotatable bonds is 5. The lowest BCUT2D eigenvalue weighted by molar-refractivity contribution is 0.187. The van der Waals surface area contributed by atoms with Crippen molar-refractivity contribution in [2.24, 2.45) is 0 Å². The SMILES string of the molecule is CC(C)(CO)NCc1c(-c2ccccc2)ccnc1Cl. The molecule has 20 heavy (non-hydrogen) atoms. The molecular formula is C16H19ClN2O. The zero-order valence-corrected chi connectivity index (χ0v) is 12.5. The summed E-state index contributed by atoms with van der Waals surface area (Å²) in [5, 5.41) is 13.1. The van der Waals surface area contributed by atoms with Crippen molar-refractivity contribution in [2.45, 2.75) is 25.9 Å². The van der Waals surface area contributed by atoms with E-state index in [1.807, 2.05) is 50.2 Å². The van der Waals surface area contributed by atoms with Gasteiger partial charge in [0.05, 0.1) is 6.61 Å². The average molecular weight is 291 g/mol. The van der Waals surface area contributed by atoms with Crippen molar-refractivity contribution in [3.63, 3.8) is 0 Å². The summed E-state index contributed by atoms with van der Waals surface area (Å²) in [4.78, 5) is 4.15. The van der Waals surface area contributed by atoms with Crippen LogP contribution in [0.5, 0.6) is 0 Å². The summed E-state index contributed by atoms with van der Waals surface area (Å²) in [6, 6.07) is 12.0. The van der Waals surface area contributed by atoms with Crippen molar-refractivity contribution < 1.29 is 5.11 Å². The van der Waals surface area contributed by atoms with E-state index in [4.69, 9.17) is 11.6 Å². The summed E-state index contributed by atoms with van der Waals surface area (Å²) in [7, 11) is 0. The van der Waals surface area contributed by atoms with E-state index in [1.165, 1.54) is 0 Å². The zero-order chi connectivity index (χ0) is 14.6. The number of nitrogens with one attached hydrogen (secondary N) is 1. The molecule has 2 rings (SSSR count). The van der Waals surface area contributed by atoms with Crippen LogP contribution in [0.15, 0.2) is 42.6 Å². The van der Waals surface area contributed by atoms with Crippen LogP contribution in [0.3, 0.4) is 0 Å². The topological polar surface area (TPSA) is 45.1 Å². The first-order chi connectivity index (χ1) is 9.53. The number of aromatic nitrogens is 1. The second-order valence-corrected chi connectivity index (χ2v) is 5.75. The van der Waals surface area contributed by atoms with Crippen LogP contribution in [0.4, 0.5) is 0 Å². The predicted octanol–water partition coefficient (Wildman–Crippen LogP) is 3.26. The minimum Gasteiger partial charge on any atom is -0.394 e. The van der Waals surface area contributed by atoms with Gasteiger partial charge in [-0.2, -0.15) is 0 Å². The molecule has 0 aliphatic rings. The van der Waals surface area contributed by atoms with E-state index in [1.54, 1.807) is 6.20 Å². The highest BCUT2D eigenvalue weighted by Gasteiger charge is 2.17. The van der Waals surface area contributed by atoms with Crippen molar-refractivity contribution in [3.05, 3.63) is 53.3 Å². The van der Waals surface area contributed by atoms with Crippen molar-refractivity contribution in [2.75, 3.05) is 6.61 Å². The average Bonchev–Trinajstić information content (AvgIpc) is 2.47. The van der Waals surface area contributed by atoms with Crippen molar-refractivity contribution in [1.82, 2.24) is 10.3 Å². The van der Waals surface area contributed by atoms with Gasteiger partial charge in [0.2, 0.25) is 0 Å². The van der Waals surface area contributed by atoms with E-state index in [0.29, 0.717) is 11.7 Å². The Hall–Kier alpha value is -1.42. The molecule has 0 atom stereocenters. The van der Waals surface area contributed by atoms with Gasteiger partial charge in [-0.15, -0.1) is 0 Å². The molecule has 0 saturated heterocycles. The number of benzene rings is 1. The lowest BCUT2D eigenvalue weighted by Gasteiger charge is -2.24. The molecule has 0 saturated carbocycles. The van der Waals surface area contributed by atoms with Gasteiger partial charge in [-0.3, -0.25) is 0 Å². The van der Waals surface area contributed by atoms with Crippen molar-refractivity contribution in [3.8, 4) is 11.1 Å². The third kappa shape index (κ3) is 3.57. The Bertz CT molecular complexity index is 570. The molecule has 1 heterocycles. The van der Waals surface area contributed by atoms with Gasteiger partial charge in [0.1, 0.15) is 5.15 Å². The first kappa shape index (κ1) is 15.0. The first-order valence-corrected chi connectivity index (χ1v) is 6.96. The lowest BCUT2D eigenvalue weighted by atomic mass is 10.0. The smallest absolute Gasteiger partial charge is 0.134 e. The van der Waals surface area contributed by atoms with Gasteiger partial charge < -0.3 is 10.4 Å². The van der Waals surface area contributed by atoms with Crippen LogP contribution >= 0.6 is 11.6 Å². The second kappa shape index (κ2) is 6.35. The summed E-state index contributed by atoms with van der Waals surface area (Å²) in [6.07, 6.45) is 1.71. The maximum Gasteiger partial charge on any atom is 0.134 e. The first-order valence-electron chi connectivity index (χ1n) is 6.58. The number of nitrogens with zero attached hydrogens (tertiary/aromatic N) is 1. The Labute approximate surface area is 124 Å². The monoisotopic (exact) mass is 290 g/mol. The molecule has 0 fully saturated rings. The largest absolute Gasteiger partial charge is 0.394 e. The molecule has 0 unspecified atom stereocenters. The van der Waals surface area contributed by atoms with Gasteiger partial charge in [0.25, 0.3) is 0 Å². The summed E-state index contributed by atoms with van der Waals surface area (Å²) in [6.45, 7) is 4.51. The molecule has 3 nitrogen and oxygen atoms in total. The van der Waals surface area contributed by atoms with Crippen LogP contribution < -0.4 is 5.32 Å². The highest BCUT2D eigenvalue weighted by atomic mass is 35.5. The molecule has 0 bridgehead atoms. The van der Waals surface area contributed by atoms with E-state index < -0.39 is 0 Å². The molecule has 4 heteroatoms. The van der Waals surface area contributed by atoms with Crippen LogP contribution in [-0.4, -0.2) is 22.2 Å². The van der Waals surface area contributed by atoms with E-state index in [0.717, 1.165) is 16.7 Å². The quantitative estimate of drug-likeness (QED) is 0.831. The normalized spacial score (nSPS) is 11.6. The van der Waals surface area contributed by atoms with E-state index in [-0.39, 0.29) is 12.1 Å². The fraction of sp³-hybridized carbons (Fsp3) is 0.312. The van der Waals surface area contributed by atoms with E-state index in [9.17, 15) is 5.11 Å². The van der Waals surface area contributed by atoms with Crippen LogP contribution in [0.2, 0.25) is 5.15 Å². The van der Waals surface area contributed by atoms with Crippen LogP contribution in [0.1, 0.15) is 19.4 Å². The molecule has 0 aliphatic heterocycles. The van der Waals surface area contributed by atoms with Crippen LogP contribution in [-0.2, 0) is 6.54 Å². The molecule has 0 amide bonds. The molecule has 2 aromatic rings. The van der Waals surface area contributed by atoms with Gasteiger partial charge in [0, 0.05) is 23.8 Å². The van der Waals surface area contributed by atoms with E-state index >= 15 is 0 Å². The Kier molecular flexibility index (Phi) is 4.76. The summed E-state index contributed by atoms with van der Waals surface area (Å²) in [5.41, 5.74) is 2.76. The lowest BCUT2D eigenvalue weighted by Crippen LogP contribution is -2.42. The third-order valence-electron chi connectivity index (χ3n) is 3.23. The Balaban J connectivity index is 2.33. The summed E-state index contributed by atoms with van der Waals surface area (Å²) < 4.78 is 0. The minimum atomic E-state index is -0.354. The molecular weight excluding hydrogens is 272 g/mol. The molecule has 1 aromatic heterocycles. The van der Waals surface area contributed by atoms with Gasteiger partial charge in [-0.05, 0) is 31.0 Å². The second-order valence-electron chi connectivity index (χ2n) is 5.39. The molecule has 0 radical (unpaired) electrons. The standard InChI is InChI=1S/C16H19ClN2O/c1-16(2,11-20)19-10-14-13(8-9-18-15(14)17)12-6-4-3-5-7-12/h3-9,19-20H,10-11H2,1-2H3. The number of pyridine rings is 1. The minimum absolute atomic E-state index is 0.0611. The number of hydrogen-bond donors (Lipinski definition) is 2. The van der Waals surface area contributed by atoms with E-state index in [2.05, 4.69) is 10.3 Å².